The lowest BCUT2D eigenvalue weighted by Crippen LogP contribution is -2.45. The van der Waals surface area contributed by atoms with Crippen LogP contribution < -0.4 is 5.32 Å². The lowest BCUT2D eigenvalue weighted by Gasteiger charge is -2.29. The van der Waals surface area contributed by atoms with E-state index < -0.39 is 17.9 Å². The summed E-state index contributed by atoms with van der Waals surface area (Å²) in [5.41, 5.74) is 1.85. The second-order valence-electron chi connectivity index (χ2n) is 10.5. The molecular weight excluding hydrogens is 499 g/mol. The fourth-order valence-electron chi connectivity index (χ4n) is 5.36. The minimum atomic E-state index is -0.552. The first kappa shape index (κ1) is 28.5. The van der Waals surface area contributed by atoms with Gasteiger partial charge in [0.05, 0.1) is 30.5 Å². The highest BCUT2D eigenvalue weighted by Gasteiger charge is 2.35. The molecule has 2 aliphatic heterocycles. The number of benzene rings is 2. The fraction of sp³-hybridized carbons (Fsp3) is 0.452. The first-order chi connectivity index (χ1) is 18.9. The summed E-state index contributed by atoms with van der Waals surface area (Å²) in [6.45, 7) is 0.486. The number of esters is 1. The van der Waals surface area contributed by atoms with Crippen molar-refractivity contribution in [1.82, 2.24) is 10.2 Å². The summed E-state index contributed by atoms with van der Waals surface area (Å²) in [4.78, 5) is 41.2. The van der Waals surface area contributed by atoms with Crippen LogP contribution in [0.2, 0.25) is 0 Å². The minimum Gasteiger partial charge on any atom is -0.463 e. The molecule has 1 fully saturated rings. The Balaban J connectivity index is 1.44. The number of nitrogens with zero attached hydrogens (tertiary/aromatic N) is 1. The number of ether oxygens (including phenoxy) is 1. The van der Waals surface area contributed by atoms with Gasteiger partial charge >= 0.3 is 5.97 Å². The maximum atomic E-state index is 13.5. The van der Waals surface area contributed by atoms with Crippen LogP contribution in [0.1, 0.15) is 43.2 Å². The molecule has 0 aliphatic carbocycles. The van der Waals surface area contributed by atoms with Crippen molar-refractivity contribution >= 4 is 17.8 Å². The lowest BCUT2D eigenvalue weighted by atomic mass is 9.94. The maximum Gasteiger partial charge on any atom is 0.309 e. The number of aliphatic hydroxyl groups is 1. The number of carbonyl (C=O) groups is 3. The Morgan fingerprint density at radius 1 is 1.03 bits per heavy atom. The molecule has 39 heavy (non-hydrogen) atoms. The Kier molecular flexibility index (Phi) is 10.3. The molecular formula is C31H37FN2O5. The van der Waals surface area contributed by atoms with Gasteiger partial charge in [0, 0.05) is 13.0 Å². The molecule has 208 valence electrons. The standard InChI is InChI=1S/C31H37FN2O5/c32-26-14-12-23(13-15-26)17-25-10-5-4-9-24(30(37)34-16-6-11-28(34)21-39-31(25)38)19-29(36)33-27(20-35)18-22-7-2-1-3-8-22/h1-5,7-8,12-15,24-25,27-28,35H,6,9-11,16-21H2,(H,33,36)/b5-4+/t24-,25-,27-,28-/m0/s1. The number of cyclic esters (lactones) is 1. The Labute approximate surface area is 229 Å². The number of fused-ring (bicyclic) bond motifs is 1. The van der Waals surface area contributed by atoms with E-state index in [-0.39, 0.29) is 49.3 Å². The van der Waals surface area contributed by atoms with Gasteiger partial charge in [-0.05, 0) is 61.8 Å². The number of aliphatic hydroxyl groups excluding tert-OH is 1. The molecule has 1 saturated heterocycles. The zero-order valence-corrected chi connectivity index (χ0v) is 22.1. The third kappa shape index (κ3) is 8.23. The van der Waals surface area contributed by atoms with Crippen LogP contribution in [0.4, 0.5) is 4.39 Å². The number of hydrogen-bond donors (Lipinski definition) is 2. The minimum absolute atomic E-state index is 0.0104. The van der Waals surface area contributed by atoms with E-state index in [4.69, 9.17) is 4.74 Å². The summed E-state index contributed by atoms with van der Waals surface area (Å²) in [7, 11) is 0. The van der Waals surface area contributed by atoms with Gasteiger partial charge in [0.1, 0.15) is 12.4 Å². The van der Waals surface area contributed by atoms with Crippen LogP contribution in [-0.4, -0.2) is 59.6 Å². The van der Waals surface area contributed by atoms with E-state index in [2.05, 4.69) is 5.32 Å². The monoisotopic (exact) mass is 536 g/mol. The van der Waals surface area contributed by atoms with Crippen LogP contribution in [0.15, 0.2) is 66.7 Å². The first-order valence-electron chi connectivity index (χ1n) is 13.7. The van der Waals surface area contributed by atoms with Crippen LogP contribution in [0.25, 0.3) is 0 Å². The number of nitrogens with one attached hydrogen (secondary N) is 1. The molecule has 7 nitrogen and oxygen atoms in total. The molecule has 2 heterocycles. The van der Waals surface area contributed by atoms with Crippen molar-refractivity contribution in [3.05, 3.63) is 83.7 Å². The number of carbonyl (C=O) groups excluding carboxylic acids is 3. The summed E-state index contributed by atoms with van der Waals surface area (Å²) in [6.07, 6.45) is 6.99. The third-order valence-corrected chi connectivity index (χ3v) is 7.51. The maximum absolute atomic E-state index is 13.5. The fourth-order valence-corrected chi connectivity index (χ4v) is 5.36. The second kappa shape index (κ2) is 14.0. The van der Waals surface area contributed by atoms with Crippen LogP contribution in [0, 0.1) is 17.7 Å². The van der Waals surface area contributed by atoms with Gasteiger partial charge in [-0.1, -0.05) is 54.6 Å². The topological polar surface area (TPSA) is 95.9 Å². The Hall–Kier alpha value is -3.52. The molecule has 0 bridgehead atoms. The molecule has 4 atom stereocenters. The van der Waals surface area contributed by atoms with Gasteiger partial charge in [-0.3, -0.25) is 14.4 Å². The van der Waals surface area contributed by atoms with E-state index in [1.807, 2.05) is 42.5 Å². The van der Waals surface area contributed by atoms with Gasteiger partial charge in [-0.15, -0.1) is 0 Å². The van der Waals surface area contributed by atoms with E-state index in [1.165, 1.54) is 12.1 Å². The van der Waals surface area contributed by atoms with Crippen molar-refractivity contribution in [3.8, 4) is 0 Å². The smallest absolute Gasteiger partial charge is 0.309 e. The molecule has 2 N–H and O–H groups in total. The van der Waals surface area contributed by atoms with Crippen molar-refractivity contribution in [1.29, 1.82) is 0 Å². The average molecular weight is 537 g/mol. The van der Waals surface area contributed by atoms with Crippen LogP contribution in [-0.2, 0) is 32.0 Å². The van der Waals surface area contributed by atoms with Gasteiger partial charge < -0.3 is 20.1 Å². The van der Waals surface area contributed by atoms with Gasteiger partial charge in [0.2, 0.25) is 11.8 Å². The quantitative estimate of drug-likeness (QED) is 0.397. The molecule has 2 aliphatic rings. The first-order valence-corrected chi connectivity index (χ1v) is 13.7. The highest BCUT2D eigenvalue weighted by molar-refractivity contribution is 5.86. The molecule has 0 aromatic heterocycles. The summed E-state index contributed by atoms with van der Waals surface area (Å²) in [5.74, 6) is -2.02. The van der Waals surface area contributed by atoms with Crippen molar-refractivity contribution in [2.75, 3.05) is 19.8 Å². The largest absolute Gasteiger partial charge is 0.463 e. The van der Waals surface area contributed by atoms with E-state index in [1.54, 1.807) is 17.0 Å². The second-order valence-corrected chi connectivity index (χ2v) is 10.5. The van der Waals surface area contributed by atoms with E-state index in [0.717, 1.165) is 24.0 Å². The highest BCUT2D eigenvalue weighted by atomic mass is 19.1. The zero-order chi connectivity index (χ0) is 27.6. The molecule has 4 rings (SSSR count). The predicted octanol–water partition coefficient (Wildman–Crippen LogP) is 3.59. The number of rotatable bonds is 8. The van der Waals surface area contributed by atoms with E-state index in [0.29, 0.717) is 32.2 Å². The molecule has 8 heteroatoms. The Morgan fingerprint density at radius 2 is 1.74 bits per heavy atom. The molecule has 0 spiro atoms. The molecule has 2 aromatic rings. The van der Waals surface area contributed by atoms with Gasteiger partial charge in [0.25, 0.3) is 0 Å². The number of allylic oxidation sites excluding steroid dienone is 2. The SMILES string of the molecule is O=C(C[C@@H]1C/C=C/C[C@@H](Cc2ccc(F)cc2)C(=O)OC[C@@H]2CCCN2C1=O)N[C@H](CO)Cc1ccccc1. The predicted molar refractivity (Wildman–Crippen MR) is 145 cm³/mol. The Morgan fingerprint density at radius 3 is 2.46 bits per heavy atom. The number of hydrogen-bond acceptors (Lipinski definition) is 5. The van der Waals surface area contributed by atoms with E-state index >= 15 is 0 Å². The van der Waals surface area contributed by atoms with Crippen LogP contribution in [0.3, 0.4) is 0 Å². The summed E-state index contributed by atoms with van der Waals surface area (Å²) >= 11 is 0. The third-order valence-electron chi connectivity index (χ3n) is 7.51. The molecule has 2 amide bonds. The molecule has 0 unspecified atom stereocenters. The van der Waals surface area contributed by atoms with Crippen LogP contribution >= 0.6 is 0 Å². The van der Waals surface area contributed by atoms with Crippen molar-refractivity contribution < 1.29 is 28.6 Å². The zero-order valence-electron chi connectivity index (χ0n) is 22.1. The lowest BCUT2D eigenvalue weighted by molar-refractivity contribution is -0.152. The average Bonchev–Trinajstić information content (AvgIpc) is 3.41. The molecule has 0 saturated carbocycles. The highest BCUT2D eigenvalue weighted by Crippen LogP contribution is 2.25. The number of amides is 2. The molecule has 0 radical (unpaired) electrons. The van der Waals surface area contributed by atoms with Crippen molar-refractivity contribution in [2.24, 2.45) is 11.8 Å². The molecule has 2 aromatic carbocycles. The summed E-state index contributed by atoms with van der Waals surface area (Å²) < 4.78 is 19.0. The van der Waals surface area contributed by atoms with Crippen LogP contribution in [0.5, 0.6) is 0 Å². The normalized spacial score (nSPS) is 23.6. The summed E-state index contributed by atoms with van der Waals surface area (Å²) in [6, 6.07) is 15.1. The van der Waals surface area contributed by atoms with Gasteiger partial charge in [-0.25, -0.2) is 4.39 Å². The Bertz CT molecular complexity index is 1140. The number of halogens is 1. The van der Waals surface area contributed by atoms with Crippen molar-refractivity contribution in [3.63, 3.8) is 0 Å². The van der Waals surface area contributed by atoms with Gasteiger partial charge in [-0.2, -0.15) is 0 Å². The summed E-state index contributed by atoms with van der Waals surface area (Å²) in [5, 5.41) is 12.7. The van der Waals surface area contributed by atoms with Gasteiger partial charge in [0.15, 0.2) is 0 Å². The van der Waals surface area contributed by atoms with E-state index in [9.17, 15) is 23.9 Å². The van der Waals surface area contributed by atoms with Crippen molar-refractivity contribution in [2.45, 2.75) is 57.0 Å².